The summed E-state index contributed by atoms with van der Waals surface area (Å²) in [6, 6.07) is 8.28. The van der Waals surface area contributed by atoms with Crippen molar-refractivity contribution in [3.8, 4) is 0 Å². The Kier molecular flexibility index (Phi) is 3.80. The van der Waals surface area contributed by atoms with Gasteiger partial charge in [0.2, 0.25) is 0 Å². The first kappa shape index (κ1) is 12.6. The fourth-order valence-electron chi connectivity index (χ4n) is 2.55. The molecular formula is C14H17ClN4. The van der Waals surface area contributed by atoms with Gasteiger partial charge in [0.15, 0.2) is 5.82 Å². The fraction of sp³-hybridized carbons (Fsp3) is 0.429. The molecule has 0 radical (unpaired) electrons. The van der Waals surface area contributed by atoms with Crippen LogP contribution in [-0.2, 0) is 0 Å². The lowest BCUT2D eigenvalue weighted by Gasteiger charge is -2.35. The molecule has 5 heteroatoms. The van der Waals surface area contributed by atoms with Crippen molar-refractivity contribution in [2.45, 2.75) is 0 Å². The van der Waals surface area contributed by atoms with E-state index in [2.05, 4.69) is 38.2 Å². The van der Waals surface area contributed by atoms with Crippen LogP contribution in [0.5, 0.6) is 0 Å². The summed E-state index contributed by atoms with van der Waals surface area (Å²) in [5.74, 6) is 1.71. The molecule has 0 aliphatic carbocycles. The summed E-state index contributed by atoms with van der Waals surface area (Å²) in [4.78, 5) is 4.71. The second-order valence-corrected chi connectivity index (χ2v) is 5.15. The van der Waals surface area contributed by atoms with Crippen molar-refractivity contribution < 1.29 is 0 Å². The highest BCUT2D eigenvalue weighted by Gasteiger charge is 2.19. The van der Waals surface area contributed by atoms with E-state index >= 15 is 0 Å². The van der Waals surface area contributed by atoms with Gasteiger partial charge < -0.3 is 4.90 Å². The van der Waals surface area contributed by atoms with Gasteiger partial charge in [0.25, 0.3) is 0 Å². The highest BCUT2D eigenvalue weighted by molar-refractivity contribution is 6.18. The molecule has 3 rings (SSSR count). The summed E-state index contributed by atoms with van der Waals surface area (Å²) < 4.78 is 0. The number of rotatable bonds is 3. The molecule has 1 aliphatic rings. The van der Waals surface area contributed by atoms with Crippen molar-refractivity contribution in [3.63, 3.8) is 0 Å². The van der Waals surface area contributed by atoms with Crippen molar-refractivity contribution in [3.05, 3.63) is 30.5 Å². The van der Waals surface area contributed by atoms with Gasteiger partial charge in [-0.1, -0.05) is 24.3 Å². The van der Waals surface area contributed by atoms with E-state index in [9.17, 15) is 0 Å². The molecule has 2 aromatic rings. The normalized spacial score (nSPS) is 17.0. The number of hydrogen-bond donors (Lipinski definition) is 0. The molecule has 4 nitrogen and oxygen atoms in total. The van der Waals surface area contributed by atoms with Crippen LogP contribution in [0.2, 0.25) is 0 Å². The molecule has 100 valence electrons. The van der Waals surface area contributed by atoms with Crippen LogP contribution in [0, 0.1) is 0 Å². The first-order valence-corrected chi connectivity index (χ1v) is 7.15. The smallest absolute Gasteiger partial charge is 0.159 e. The van der Waals surface area contributed by atoms with Gasteiger partial charge in [-0.15, -0.1) is 16.7 Å². The number of nitrogens with zero attached hydrogens (tertiary/aromatic N) is 4. The molecule has 0 amide bonds. The maximum Gasteiger partial charge on any atom is 0.159 e. The molecule has 1 fully saturated rings. The summed E-state index contributed by atoms with van der Waals surface area (Å²) >= 11 is 5.79. The van der Waals surface area contributed by atoms with Gasteiger partial charge in [0, 0.05) is 49.4 Å². The third-order valence-corrected chi connectivity index (χ3v) is 3.79. The molecule has 0 unspecified atom stereocenters. The average molecular weight is 277 g/mol. The zero-order valence-corrected chi connectivity index (χ0v) is 11.6. The van der Waals surface area contributed by atoms with E-state index in [1.54, 1.807) is 0 Å². The zero-order valence-electron chi connectivity index (χ0n) is 10.8. The maximum atomic E-state index is 5.79. The van der Waals surface area contributed by atoms with E-state index in [1.165, 1.54) is 5.39 Å². The van der Waals surface area contributed by atoms with Crippen LogP contribution in [0.3, 0.4) is 0 Å². The van der Waals surface area contributed by atoms with Crippen LogP contribution >= 0.6 is 11.6 Å². The summed E-state index contributed by atoms with van der Waals surface area (Å²) in [5.41, 5.74) is 0. The fourth-order valence-corrected chi connectivity index (χ4v) is 2.79. The first-order chi connectivity index (χ1) is 9.38. The van der Waals surface area contributed by atoms with E-state index in [-0.39, 0.29) is 0 Å². The number of fused-ring (bicyclic) bond motifs is 1. The summed E-state index contributed by atoms with van der Waals surface area (Å²) in [6.45, 7) is 5.02. The number of benzene rings is 1. The van der Waals surface area contributed by atoms with Crippen molar-refractivity contribution in [1.82, 2.24) is 15.1 Å². The Bertz CT molecular complexity index is 547. The average Bonchev–Trinajstić information content (AvgIpc) is 2.48. The van der Waals surface area contributed by atoms with Crippen molar-refractivity contribution >= 4 is 28.2 Å². The van der Waals surface area contributed by atoms with Crippen LogP contribution in [0.4, 0.5) is 5.82 Å². The molecule has 1 aromatic heterocycles. The monoisotopic (exact) mass is 276 g/mol. The predicted molar refractivity (Wildman–Crippen MR) is 78.9 cm³/mol. The Hall–Kier alpha value is -1.39. The topological polar surface area (TPSA) is 32.3 Å². The number of hydrogen-bond acceptors (Lipinski definition) is 4. The molecular weight excluding hydrogens is 260 g/mol. The molecule has 0 spiro atoms. The van der Waals surface area contributed by atoms with Crippen LogP contribution in [0.1, 0.15) is 0 Å². The number of piperazine rings is 1. The van der Waals surface area contributed by atoms with Gasteiger partial charge in [0.1, 0.15) is 0 Å². The van der Waals surface area contributed by atoms with Crippen LogP contribution in [0.25, 0.3) is 10.8 Å². The number of halogens is 1. The minimum absolute atomic E-state index is 0.702. The Morgan fingerprint density at radius 2 is 1.89 bits per heavy atom. The SMILES string of the molecule is ClCCN1CCN(c2nncc3ccccc23)CC1. The largest absolute Gasteiger partial charge is 0.352 e. The zero-order chi connectivity index (χ0) is 13.1. The Morgan fingerprint density at radius 3 is 2.68 bits per heavy atom. The van der Waals surface area contributed by atoms with Crippen molar-refractivity contribution in [2.24, 2.45) is 0 Å². The molecule has 0 N–H and O–H groups in total. The molecule has 1 aliphatic heterocycles. The second-order valence-electron chi connectivity index (χ2n) is 4.77. The van der Waals surface area contributed by atoms with E-state index in [1.807, 2.05) is 12.3 Å². The second kappa shape index (κ2) is 5.72. The number of anilines is 1. The Labute approximate surface area is 118 Å². The predicted octanol–water partition coefficient (Wildman–Crippen LogP) is 1.99. The standard InChI is InChI=1S/C14H17ClN4/c15-5-6-18-7-9-19(10-8-18)14-13-4-2-1-3-12(13)11-16-17-14/h1-4,11H,5-10H2. The highest BCUT2D eigenvalue weighted by Crippen LogP contribution is 2.23. The van der Waals surface area contributed by atoms with Gasteiger partial charge in [-0.3, -0.25) is 4.90 Å². The summed E-state index contributed by atoms with van der Waals surface area (Å²) in [5, 5.41) is 10.8. The van der Waals surface area contributed by atoms with Gasteiger partial charge in [-0.25, -0.2) is 0 Å². The van der Waals surface area contributed by atoms with Crippen LogP contribution < -0.4 is 4.90 Å². The third kappa shape index (κ3) is 2.65. The van der Waals surface area contributed by atoms with Crippen molar-refractivity contribution in [2.75, 3.05) is 43.5 Å². The Balaban J connectivity index is 1.82. The van der Waals surface area contributed by atoms with E-state index < -0.39 is 0 Å². The highest BCUT2D eigenvalue weighted by atomic mass is 35.5. The minimum atomic E-state index is 0.702. The molecule has 1 aromatic carbocycles. The lowest BCUT2D eigenvalue weighted by atomic mass is 10.1. The summed E-state index contributed by atoms with van der Waals surface area (Å²) in [7, 11) is 0. The lowest BCUT2D eigenvalue weighted by molar-refractivity contribution is 0.272. The third-order valence-electron chi connectivity index (χ3n) is 3.62. The van der Waals surface area contributed by atoms with E-state index in [0.717, 1.165) is 43.9 Å². The Morgan fingerprint density at radius 1 is 1.11 bits per heavy atom. The molecule has 2 heterocycles. The first-order valence-electron chi connectivity index (χ1n) is 6.62. The van der Waals surface area contributed by atoms with Crippen molar-refractivity contribution in [1.29, 1.82) is 0 Å². The quantitative estimate of drug-likeness (QED) is 0.803. The molecule has 0 atom stereocenters. The molecule has 0 bridgehead atoms. The van der Waals surface area contributed by atoms with Gasteiger partial charge in [-0.05, 0) is 0 Å². The van der Waals surface area contributed by atoms with Gasteiger partial charge in [-0.2, -0.15) is 5.10 Å². The number of alkyl halides is 1. The summed E-state index contributed by atoms with van der Waals surface area (Å²) in [6.07, 6.45) is 1.82. The lowest BCUT2D eigenvalue weighted by Crippen LogP contribution is -2.47. The molecule has 0 saturated carbocycles. The number of aromatic nitrogens is 2. The maximum absolute atomic E-state index is 5.79. The van der Waals surface area contributed by atoms with Crippen LogP contribution in [0.15, 0.2) is 30.5 Å². The van der Waals surface area contributed by atoms with Gasteiger partial charge >= 0.3 is 0 Å². The minimum Gasteiger partial charge on any atom is -0.352 e. The van der Waals surface area contributed by atoms with Crippen LogP contribution in [-0.4, -0.2) is 53.7 Å². The molecule has 1 saturated heterocycles. The van der Waals surface area contributed by atoms with E-state index in [0.29, 0.717) is 5.88 Å². The molecule has 19 heavy (non-hydrogen) atoms. The van der Waals surface area contributed by atoms with E-state index in [4.69, 9.17) is 11.6 Å². The van der Waals surface area contributed by atoms with Gasteiger partial charge in [0.05, 0.1) is 6.20 Å².